The van der Waals surface area contributed by atoms with Crippen molar-refractivity contribution in [3.05, 3.63) is 40.1 Å². The van der Waals surface area contributed by atoms with Crippen LogP contribution < -0.4 is 5.14 Å². The summed E-state index contributed by atoms with van der Waals surface area (Å²) in [4.78, 5) is 0. The van der Waals surface area contributed by atoms with Gasteiger partial charge in [0.2, 0.25) is 0 Å². The second-order valence-electron chi connectivity index (χ2n) is 3.90. The fourth-order valence-corrected chi connectivity index (χ4v) is 1.53. The van der Waals surface area contributed by atoms with Crippen molar-refractivity contribution < 1.29 is 8.60 Å². The maximum atomic E-state index is 13.4. The molecule has 1 rings (SSSR count). The van der Waals surface area contributed by atoms with E-state index in [1.54, 1.807) is 38.1 Å². The predicted octanol–water partition coefficient (Wildman–Crippen LogP) is 3.00. The van der Waals surface area contributed by atoms with E-state index in [4.69, 9.17) is 5.14 Å². The van der Waals surface area contributed by atoms with Crippen molar-refractivity contribution in [2.45, 2.75) is 18.6 Å². The number of halogens is 2. The first-order valence-corrected chi connectivity index (χ1v) is 6.64. The first-order chi connectivity index (χ1) is 7.33. The molecular weight excluding hydrogens is 293 g/mol. The van der Waals surface area contributed by atoms with Gasteiger partial charge in [0, 0.05) is 10.0 Å². The summed E-state index contributed by atoms with van der Waals surface area (Å²) in [6.45, 7) is 3.47. The smallest absolute Gasteiger partial charge is 0.131 e. The van der Waals surface area contributed by atoms with Gasteiger partial charge in [0.15, 0.2) is 0 Å². The van der Waals surface area contributed by atoms with Crippen molar-refractivity contribution >= 4 is 33.0 Å². The predicted molar refractivity (Wildman–Crippen MR) is 69.5 cm³/mol. The van der Waals surface area contributed by atoms with Crippen LogP contribution >= 0.6 is 15.9 Å². The van der Waals surface area contributed by atoms with Crippen molar-refractivity contribution in [2.24, 2.45) is 5.14 Å². The van der Waals surface area contributed by atoms with Gasteiger partial charge in [-0.1, -0.05) is 34.1 Å². The van der Waals surface area contributed by atoms with Gasteiger partial charge in [0.1, 0.15) is 5.82 Å². The molecule has 5 heteroatoms. The number of hydrogen-bond donors (Lipinski definition) is 1. The van der Waals surface area contributed by atoms with Gasteiger partial charge < -0.3 is 0 Å². The van der Waals surface area contributed by atoms with Gasteiger partial charge in [0.25, 0.3) is 0 Å². The zero-order chi connectivity index (χ0) is 12.3. The molecule has 1 aromatic rings. The van der Waals surface area contributed by atoms with E-state index in [0.717, 1.165) is 0 Å². The average Bonchev–Trinajstić information content (AvgIpc) is 2.16. The third kappa shape index (κ3) is 3.50. The Morgan fingerprint density at radius 2 is 2.12 bits per heavy atom. The van der Waals surface area contributed by atoms with Gasteiger partial charge in [-0.3, -0.25) is 5.14 Å². The standard InChI is InChI=1S/C11H13BrFNOS/c1-11(2,16(14)15)6-5-8-3-4-9(12)7-10(8)13/h3-7H,14H2,1-2H3. The molecule has 1 atom stereocenters. The van der Waals surface area contributed by atoms with E-state index < -0.39 is 15.7 Å². The lowest BCUT2D eigenvalue weighted by atomic mass is 10.1. The molecule has 0 saturated carbocycles. The van der Waals surface area contributed by atoms with Crippen molar-refractivity contribution in [1.29, 1.82) is 0 Å². The Morgan fingerprint density at radius 1 is 1.50 bits per heavy atom. The van der Waals surface area contributed by atoms with Gasteiger partial charge >= 0.3 is 0 Å². The van der Waals surface area contributed by atoms with Crippen molar-refractivity contribution in [2.75, 3.05) is 0 Å². The lowest BCUT2D eigenvalue weighted by Gasteiger charge is -2.15. The van der Waals surface area contributed by atoms with Crippen LogP contribution in [-0.4, -0.2) is 8.96 Å². The van der Waals surface area contributed by atoms with Crippen LogP contribution in [0, 0.1) is 5.82 Å². The molecule has 16 heavy (non-hydrogen) atoms. The summed E-state index contributed by atoms with van der Waals surface area (Å²) >= 11 is 3.18. The van der Waals surface area contributed by atoms with Crippen LogP contribution in [0.15, 0.2) is 28.7 Å². The lowest BCUT2D eigenvalue weighted by molar-refractivity contribution is 0.624. The monoisotopic (exact) mass is 305 g/mol. The lowest BCUT2D eigenvalue weighted by Crippen LogP contribution is -2.29. The quantitative estimate of drug-likeness (QED) is 0.916. The Kier molecular flexibility index (Phi) is 4.41. The Morgan fingerprint density at radius 3 is 2.62 bits per heavy atom. The van der Waals surface area contributed by atoms with E-state index in [2.05, 4.69) is 15.9 Å². The Labute approximate surface area is 105 Å². The second kappa shape index (κ2) is 5.21. The first-order valence-electron chi connectivity index (χ1n) is 4.63. The summed E-state index contributed by atoms with van der Waals surface area (Å²) in [6, 6.07) is 4.77. The van der Waals surface area contributed by atoms with Crippen LogP contribution in [0.4, 0.5) is 4.39 Å². The van der Waals surface area contributed by atoms with Crippen LogP contribution in [0.3, 0.4) is 0 Å². The fourth-order valence-electron chi connectivity index (χ4n) is 0.994. The highest BCUT2D eigenvalue weighted by atomic mass is 79.9. The highest BCUT2D eigenvalue weighted by Crippen LogP contribution is 2.19. The molecule has 0 heterocycles. The number of benzene rings is 1. The van der Waals surface area contributed by atoms with Crippen LogP contribution in [0.1, 0.15) is 19.4 Å². The molecule has 0 spiro atoms. The van der Waals surface area contributed by atoms with E-state index in [9.17, 15) is 8.60 Å². The molecule has 88 valence electrons. The van der Waals surface area contributed by atoms with Crippen LogP contribution in [0.25, 0.3) is 6.08 Å². The summed E-state index contributed by atoms with van der Waals surface area (Å²) in [5.41, 5.74) is 0.446. The zero-order valence-electron chi connectivity index (χ0n) is 9.04. The number of rotatable bonds is 3. The molecule has 0 bridgehead atoms. The highest BCUT2D eigenvalue weighted by Gasteiger charge is 2.19. The van der Waals surface area contributed by atoms with Crippen LogP contribution in [0.5, 0.6) is 0 Å². The van der Waals surface area contributed by atoms with Crippen LogP contribution in [-0.2, 0) is 11.0 Å². The molecular formula is C11H13BrFNOS. The molecule has 0 radical (unpaired) electrons. The fraction of sp³-hybridized carbons (Fsp3) is 0.273. The Balaban J connectivity index is 2.97. The molecule has 0 aliphatic heterocycles. The first kappa shape index (κ1) is 13.5. The summed E-state index contributed by atoms with van der Waals surface area (Å²) < 4.78 is 24.6. The number of nitrogens with two attached hydrogens (primary N) is 1. The molecule has 2 N–H and O–H groups in total. The maximum Gasteiger partial charge on any atom is 0.131 e. The highest BCUT2D eigenvalue weighted by molar-refractivity contribution is 9.10. The minimum atomic E-state index is -1.48. The molecule has 1 unspecified atom stereocenters. The summed E-state index contributed by atoms with van der Waals surface area (Å²) in [5, 5.41) is 5.32. The topological polar surface area (TPSA) is 43.1 Å². The zero-order valence-corrected chi connectivity index (χ0v) is 11.4. The van der Waals surface area contributed by atoms with Gasteiger partial charge in [-0.15, -0.1) is 0 Å². The van der Waals surface area contributed by atoms with E-state index in [0.29, 0.717) is 10.0 Å². The SMILES string of the molecule is CC(C)(C=Cc1ccc(Br)cc1F)S(N)=O. The summed E-state index contributed by atoms with van der Waals surface area (Å²) in [7, 11) is -1.48. The van der Waals surface area contributed by atoms with E-state index >= 15 is 0 Å². The van der Waals surface area contributed by atoms with E-state index in [1.807, 2.05) is 0 Å². The third-order valence-corrected chi connectivity index (χ3v) is 3.81. The van der Waals surface area contributed by atoms with Crippen molar-refractivity contribution in [1.82, 2.24) is 0 Å². The van der Waals surface area contributed by atoms with Gasteiger partial charge in [-0.25, -0.2) is 8.60 Å². The number of hydrogen-bond acceptors (Lipinski definition) is 1. The Hall–Kier alpha value is -0.520. The van der Waals surface area contributed by atoms with E-state index in [-0.39, 0.29) is 5.82 Å². The van der Waals surface area contributed by atoms with Gasteiger partial charge in [-0.2, -0.15) is 0 Å². The minimum absolute atomic E-state index is 0.329. The largest absolute Gasteiger partial charge is 0.251 e. The molecule has 1 aromatic carbocycles. The maximum absolute atomic E-state index is 13.4. The average molecular weight is 306 g/mol. The van der Waals surface area contributed by atoms with Gasteiger partial charge in [0.05, 0.1) is 15.7 Å². The molecule has 0 saturated heterocycles. The van der Waals surface area contributed by atoms with E-state index in [1.165, 1.54) is 6.07 Å². The molecule has 2 nitrogen and oxygen atoms in total. The minimum Gasteiger partial charge on any atom is -0.251 e. The van der Waals surface area contributed by atoms with Crippen molar-refractivity contribution in [3.63, 3.8) is 0 Å². The van der Waals surface area contributed by atoms with Crippen LogP contribution in [0.2, 0.25) is 0 Å². The van der Waals surface area contributed by atoms with Gasteiger partial charge in [-0.05, 0) is 26.0 Å². The van der Waals surface area contributed by atoms with Crippen molar-refractivity contribution in [3.8, 4) is 0 Å². The molecule has 0 aliphatic carbocycles. The second-order valence-corrected chi connectivity index (χ2v) is 6.46. The normalized spacial score (nSPS) is 14.3. The summed E-state index contributed by atoms with van der Waals surface area (Å²) in [5.74, 6) is -0.329. The molecule has 0 fully saturated rings. The molecule has 0 aromatic heterocycles. The molecule has 0 aliphatic rings. The third-order valence-electron chi connectivity index (χ3n) is 2.15. The molecule has 0 amide bonds. The Bertz CT molecular complexity index is 446. The summed E-state index contributed by atoms with van der Waals surface area (Å²) in [6.07, 6.45) is 3.24.